The van der Waals surface area contributed by atoms with Crippen LogP contribution in [0.25, 0.3) is 5.52 Å². The lowest BCUT2D eigenvalue weighted by atomic mass is 10.1. The number of amides is 1. The van der Waals surface area contributed by atoms with Gasteiger partial charge in [0.05, 0.1) is 23.5 Å². The summed E-state index contributed by atoms with van der Waals surface area (Å²) in [5, 5.41) is 3.84. The van der Waals surface area contributed by atoms with Gasteiger partial charge < -0.3 is 5.32 Å². The number of hydrogen-bond acceptors (Lipinski definition) is 3. The number of imidazole rings is 1. The number of fused-ring (bicyclic) bond motifs is 1. The van der Waals surface area contributed by atoms with Crippen molar-refractivity contribution in [3.8, 4) is 0 Å². The Kier molecular flexibility index (Phi) is 5.03. The molecule has 1 unspecified atom stereocenters. The number of carbonyl (C=O) groups excluding carboxylic acids is 1. The number of pyridine rings is 1. The lowest BCUT2D eigenvalue weighted by Gasteiger charge is -2.14. The second-order valence-electron chi connectivity index (χ2n) is 5.17. The molecule has 4 nitrogen and oxygen atoms in total. The summed E-state index contributed by atoms with van der Waals surface area (Å²) in [7, 11) is 0. The minimum absolute atomic E-state index is 0.00176. The van der Waals surface area contributed by atoms with Gasteiger partial charge in [0.25, 0.3) is 0 Å². The van der Waals surface area contributed by atoms with Crippen molar-refractivity contribution in [2.24, 2.45) is 0 Å². The molecule has 23 heavy (non-hydrogen) atoms. The van der Waals surface area contributed by atoms with Crippen LogP contribution in [0.1, 0.15) is 18.5 Å². The van der Waals surface area contributed by atoms with Gasteiger partial charge in [-0.3, -0.25) is 9.20 Å². The lowest BCUT2D eigenvalue weighted by Crippen LogP contribution is -2.28. The first kappa shape index (κ1) is 16.1. The third kappa shape index (κ3) is 3.95. The van der Waals surface area contributed by atoms with Crippen LogP contribution in [0.3, 0.4) is 0 Å². The van der Waals surface area contributed by atoms with Crippen LogP contribution in [0.5, 0.6) is 0 Å². The predicted molar refractivity (Wildman–Crippen MR) is 96.6 cm³/mol. The standard InChI is InChI=1S/C17H16BrN3OS/c1-12(13-5-7-14(18)8-6-13)20-16(22)11-23-17-19-10-15-4-2-3-9-21(15)17/h2-10,12H,11H2,1H3,(H,20,22). The number of carbonyl (C=O) groups is 1. The summed E-state index contributed by atoms with van der Waals surface area (Å²) in [5.41, 5.74) is 2.11. The summed E-state index contributed by atoms with van der Waals surface area (Å²) in [6, 6.07) is 13.9. The zero-order valence-corrected chi connectivity index (χ0v) is 15.0. The van der Waals surface area contributed by atoms with E-state index in [1.807, 2.05) is 66.2 Å². The molecule has 0 aliphatic rings. The maximum absolute atomic E-state index is 12.1. The van der Waals surface area contributed by atoms with Crippen molar-refractivity contribution in [2.75, 3.05) is 5.75 Å². The molecule has 0 aliphatic heterocycles. The Morgan fingerprint density at radius 1 is 1.30 bits per heavy atom. The molecule has 3 aromatic rings. The average molecular weight is 390 g/mol. The fraction of sp³-hybridized carbons (Fsp3) is 0.176. The van der Waals surface area contributed by atoms with Gasteiger partial charge in [-0.05, 0) is 36.8 Å². The van der Waals surface area contributed by atoms with Crippen LogP contribution in [0, 0.1) is 0 Å². The highest BCUT2D eigenvalue weighted by Gasteiger charge is 2.11. The zero-order valence-electron chi connectivity index (χ0n) is 12.6. The van der Waals surface area contributed by atoms with Gasteiger partial charge in [0.2, 0.25) is 5.91 Å². The molecule has 0 saturated heterocycles. The Labute approximate surface area is 147 Å². The van der Waals surface area contributed by atoms with Gasteiger partial charge in [-0.15, -0.1) is 0 Å². The van der Waals surface area contributed by atoms with E-state index in [4.69, 9.17) is 0 Å². The number of nitrogens with zero attached hydrogens (tertiary/aromatic N) is 2. The van der Waals surface area contributed by atoms with E-state index < -0.39 is 0 Å². The Morgan fingerprint density at radius 2 is 2.09 bits per heavy atom. The van der Waals surface area contributed by atoms with E-state index >= 15 is 0 Å². The first-order valence-electron chi connectivity index (χ1n) is 7.23. The molecule has 1 aromatic carbocycles. The highest BCUT2D eigenvalue weighted by atomic mass is 79.9. The molecule has 0 bridgehead atoms. The van der Waals surface area contributed by atoms with E-state index in [1.165, 1.54) is 11.8 Å². The molecular formula is C17H16BrN3OS. The zero-order chi connectivity index (χ0) is 16.2. The van der Waals surface area contributed by atoms with Crippen molar-refractivity contribution >= 4 is 39.1 Å². The predicted octanol–water partition coefficient (Wildman–Crippen LogP) is 4.07. The molecule has 0 fully saturated rings. The molecule has 1 N–H and O–H groups in total. The summed E-state index contributed by atoms with van der Waals surface area (Å²) in [4.78, 5) is 16.5. The number of halogens is 1. The van der Waals surface area contributed by atoms with Gasteiger partial charge in [-0.1, -0.05) is 45.9 Å². The van der Waals surface area contributed by atoms with Crippen molar-refractivity contribution in [1.29, 1.82) is 0 Å². The minimum atomic E-state index is -0.0202. The third-order valence-corrected chi connectivity index (χ3v) is 4.98. The van der Waals surface area contributed by atoms with Crippen LogP contribution in [0.15, 0.2) is 64.5 Å². The van der Waals surface area contributed by atoms with E-state index in [-0.39, 0.29) is 11.9 Å². The number of aromatic nitrogens is 2. The van der Waals surface area contributed by atoms with Crippen molar-refractivity contribution < 1.29 is 4.79 Å². The summed E-state index contributed by atoms with van der Waals surface area (Å²) < 4.78 is 3.01. The van der Waals surface area contributed by atoms with Gasteiger partial charge >= 0.3 is 0 Å². The van der Waals surface area contributed by atoms with Crippen LogP contribution in [0.2, 0.25) is 0 Å². The number of nitrogens with one attached hydrogen (secondary N) is 1. The molecule has 0 radical (unpaired) electrons. The Bertz CT molecular complexity index is 816. The maximum Gasteiger partial charge on any atom is 0.230 e. The molecule has 1 amide bonds. The van der Waals surface area contributed by atoms with Crippen molar-refractivity contribution in [3.63, 3.8) is 0 Å². The third-order valence-electron chi connectivity index (χ3n) is 3.48. The Balaban J connectivity index is 1.58. The van der Waals surface area contributed by atoms with Gasteiger partial charge in [0.15, 0.2) is 5.16 Å². The van der Waals surface area contributed by atoms with Gasteiger partial charge in [0, 0.05) is 10.7 Å². The maximum atomic E-state index is 12.1. The van der Waals surface area contributed by atoms with Crippen molar-refractivity contribution in [3.05, 3.63) is 64.9 Å². The van der Waals surface area contributed by atoms with Gasteiger partial charge in [0.1, 0.15) is 0 Å². The topological polar surface area (TPSA) is 46.4 Å². The van der Waals surface area contributed by atoms with Gasteiger partial charge in [-0.2, -0.15) is 0 Å². The molecular weight excluding hydrogens is 374 g/mol. The Hall–Kier alpha value is -1.79. The van der Waals surface area contributed by atoms with Crippen LogP contribution in [0.4, 0.5) is 0 Å². The summed E-state index contributed by atoms with van der Waals surface area (Å²) in [6.07, 6.45) is 3.76. The van der Waals surface area contributed by atoms with Crippen molar-refractivity contribution in [2.45, 2.75) is 18.1 Å². The first-order valence-corrected chi connectivity index (χ1v) is 9.01. The smallest absolute Gasteiger partial charge is 0.230 e. The fourth-order valence-corrected chi connectivity index (χ4v) is 3.31. The van der Waals surface area contributed by atoms with Gasteiger partial charge in [-0.25, -0.2) is 4.98 Å². The quantitative estimate of drug-likeness (QED) is 0.669. The summed E-state index contributed by atoms with van der Waals surface area (Å²) in [6.45, 7) is 1.98. The van der Waals surface area contributed by atoms with E-state index in [2.05, 4.69) is 26.2 Å². The number of thioether (sulfide) groups is 1. The SMILES string of the molecule is CC(NC(=O)CSc1ncc2ccccn12)c1ccc(Br)cc1. The van der Waals surface area contributed by atoms with Crippen LogP contribution < -0.4 is 5.32 Å². The number of rotatable bonds is 5. The number of hydrogen-bond donors (Lipinski definition) is 1. The number of benzene rings is 1. The fourth-order valence-electron chi connectivity index (χ4n) is 2.27. The lowest BCUT2D eigenvalue weighted by molar-refractivity contribution is -0.119. The average Bonchev–Trinajstić information content (AvgIpc) is 2.97. The second kappa shape index (κ2) is 7.19. The molecule has 0 aliphatic carbocycles. The van der Waals surface area contributed by atoms with Crippen LogP contribution in [-0.4, -0.2) is 21.0 Å². The molecule has 0 saturated carbocycles. The molecule has 0 spiro atoms. The second-order valence-corrected chi connectivity index (χ2v) is 7.02. The van der Waals surface area contributed by atoms with E-state index in [0.717, 1.165) is 20.7 Å². The van der Waals surface area contributed by atoms with Crippen LogP contribution >= 0.6 is 27.7 Å². The van der Waals surface area contributed by atoms with E-state index in [9.17, 15) is 4.79 Å². The highest BCUT2D eigenvalue weighted by Crippen LogP contribution is 2.19. The van der Waals surface area contributed by atoms with E-state index in [0.29, 0.717) is 5.75 Å². The van der Waals surface area contributed by atoms with Crippen molar-refractivity contribution in [1.82, 2.24) is 14.7 Å². The molecule has 2 heterocycles. The molecule has 1 atom stereocenters. The Morgan fingerprint density at radius 3 is 2.87 bits per heavy atom. The minimum Gasteiger partial charge on any atom is -0.349 e. The molecule has 118 valence electrons. The summed E-state index contributed by atoms with van der Waals surface area (Å²) in [5.74, 6) is 0.340. The highest BCUT2D eigenvalue weighted by molar-refractivity contribution is 9.10. The van der Waals surface area contributed by atoms with Crippen LogP contribution in [-0.2, 0) is 4.79 Å². The monoisotopic (exact) mass is 389 g/mol. The first-order chi connectivity index (χ1) is 11.1. The largest absolute Gasteiger partial charge is 0.349 e. The molecule has 3 rings (SSSR count). The molecule has 6 heteroatoms. The van der Waals surface area contributed by atoms with E-state index in [1.54, 1.807) is 0 Å². The normalized spacial score (nSPS) is 12.3. The summed E-state index contributed by atoms with van der Waals surface area (Å²) >= 11 is 4.85. The molecule has 2 aromatic heterocycles.